The summed E-state index contributed by atoms with van der Waals surface area (Å²) < 4.78 is 0. The number of carbonyl (C=O) groups is 2. The predicted molar refractivity (Wildman–Crippen MR) is 105 cm³/mol. The Hall–Kier alpha value is -3.73. The largest absolute Gasteiger partial charge is 0.324 e. The Morgan fingerprint density at radius 3 is 2.30 bits per heavy atom. The van der Waals surface area contributed by atoms with Crippen LogP contribution in [0.25, 0.3) is 11.0 Å². The van der Waals surface area contributed by atoms with Crippen molar-refractivity contribution in [3.05, 3.63) is 95.6 Å². The van der Waals surface area contributed by atoms with Crippen molar-refractivity contribution < 1.29 is 9.59 Å². The smallest absolute Gasteiger partial charge is 0.231 e. The summed E-state index contributed by atoms with van der Waals surface area (Å²) in [6, 6.07) is 23.9. The van der Waals surface area contributed by atoms with Crippen LogP contribution in [0, 0.1) is 0 Å². The molecule has 4 aromatic rings. The van der Waals surface area contributed by atoms with Crippen molar-refractivity contribution in [1.29, 1.82) is 0 Å². The van der Waals surface area contributed by atoms with Crippen LogP contribution in [0.1, 0.15) is 21.5 Å². The van der Waals surface area contributed by atoms with E-state index in [1.807, 2.05) is 48.5 Å². The molecule has 132 valence electrons. The lowest BCUT2D eigenvalue weighted by Crippen LogP contribution is -2.15. The van der Waals surface area contributed by atoms with Crippen molar-refractivity contribution in [3.8, 4) is 0 Å². The Bertz CT molecular complexity index is 1100. The van der Waals surface area contributed by atoms with E-state index < -0.39 is 0 Å². The fraction of sp³-hybridized carbons (Fsp3) is 0.0455. The number of aromatic amines is 1. The summed E-state index contributed by atoms with van der Waals surface area (Å²) in [5, 5.41) is 2.77. The van der Waals surface area contributed by atoms with E-state index in [0.717, 1.165) is 5.56 Å². The highest BCUT2D eigenvalue weighted by molar-refractivity contribution is 6.10. The van der Waals surface area contributed by atoms with Crippen LogP contribution in [0.15, 0.2) is 78.9 Å². The van der Waals surface area contributed by atoms with Crippen molar-refractivity contribution in [3.63, 3.8) is 0 Å². The summed E-state index contributed by atoms with van der Waals surface area (Å²) in [4.78, 5) is 32.2. The number of nitrogens with zero attached hydrogens (tertiary/aromatic N) is 1. The van der Waals surface area contributed by atoms with Crippen LogP contribution in [-0.2, 0) is 11.2 Å². The standard InChI is InChI=1S/C22H17N3O2/c26-20(13-15-7-3-1-4-8-15)25-22-23-18-12-11-17(14-19(18)24-22)21(27)16-9-5-2-6-10-16/h1-12,14H,13H2,(H2,23,24,25,26). The molecule has 0 aliphatic carbocycles. The van der Waals surface area contributed by atoms with Gasteiger partial charge in [-0.15, -0.1) is 0 Å². The lowest BCUT2D eigenvalue weighted by Gasteiger charge is -2.01. The molecule has 5 nitrogen and oxygen atoms in total. The second-order valence-electron chi connectivity index (χ2n) is 6.22. The fourth-order valence-corrected chi connectivity index (χ4v) is 2.92. The number of amides is 1. The molecule has 0 aliphatic rings. The topological polar surface area (TPSA) is 74.8 Å². The number of nitrogens with one attached hydrogen (secondary N) is 2. The van der Waals surface area contributed by atoms with Crippen molar-refractivity contribution >= 4 is 28.7 Å². The molecule has 5 heteroatoms. The Morgan fingerprint density at radius 2 is 1.56 bits per heavy atom. The molecule has 1 aromatic heterocycles. The van der Waals surface area contributed by atoms with Gasteiger partial charge in [0, 0.05) is 11.1 Å². The number of hydrogen-bond acceptors (Lipinski definition) is 3. The first-order valence-electron chi connectivity index (χ1n) is 8.62. The maximum atomic E-state index is 12.6. The summed E-state index contributed by atoms with van der Waals surface area (Å²) in [5.41, 5.74) is 3.52. The number of rotatable bonds is 5. The molecule has 0 radical (unpaired) electrons. The zero-order valence-electron chi connectivity index (χ0n) is 14.5. The Labute approximate surface area is 156 Å². The van der Waals surface area contributed by atoms with Gasteiger partial charge in [0.15, 0.2) is 5.78 Å². The number of imidazole rings is 1. The summed E-state index contributed by atoms with van der Waals surface area (Å²) in [6.45, 7) is 0. The van der Waals surface area contributed by atoms with E-state index in [-0.39, 0.29) is 18.1 Å². The van der Waals surface area contributed by atoms with Crippen LogP contribution in [-0.4, -0.2) is 21.7 Å². The average molecular weight is 355 g/mol. The van der Waals surface area contributed by atoms with Crippen LogP contribution in [0.5, 0.6) is 0 Å². The average Bonchev–Trinajstić information content (AvgIpc) is 3.10. The first-order chi connectivity index (χ1) is 13.2. The molecule has 0 fully saturated rings. The number of H-pyrrole nitrogens is 1. The molecule has 27 heavy (non-hydrogen) atoms. The third-order valence-corrected chi connectivity index (χ3v) is 4.25. The van der Waals surface area contributed by atoms with E-state index >= 15 is 0 Å². The van der Waals surface area contributed by atoms with E-state index in [9.17, 15) is 9.59 Å². The Morgan fingerprint density at radius 1 is 0.852 bits per heavy atom. The second kappa shape index (κ2) is 7.25. The van der Waals surface area contributed by atoms with Gasteiger partial charge in [0.1, 0.15) is 0 Å². The number of aromatic nitrogens is 2. The number of hydrogen-bond donors (Lipinski definition) is 2. The van der Waals surface area contributed by atoms with E-state index in [0.29, 0.717) is 28.1 Å². The van der Waals surface area contributed by atoms with Gasteiger partial charge in [-0.25, -0.2) is 4.98 Å². The van der Waals surface area contributed by atoms with Crippen molar-refractivity contribution in [2.45, 2.75) is 6.42 Å². The number of benzene rings is 3. The van der Waals surface area contributed by atoms with Crippen LogP contribution in [0.3, 0.4) is 0 Å². The molecule has 4 rings (SSSR count). The normalized spacial score (nSPS) is 10.7. The fourth-order valence-electron chi connectivity index (χ4n) is 2.92. The third kappa shape index (κ3) is 3.77. The maximum absolute atomic E-state index is 12.6. The Kier molecular flexibility index (Phi) is 4.49. The van der Waals surface area contributed by atoms with Gasteiger partial charge in [0.05, 0.1) is 17.5 Å². The van der Waals surface area contributed by atoms with Gasteiger partial charge in [-0.05, 0) is 23.8 Å². The lowest BCUT2D eigenvalue weighted by molar-refractivity contribution is -0.115. The molecule has 3 aromatic carbocycles. The van der Waals surface area contributed by atoms with Crippen LogP contribution >= 0.6 is 0 Å². The first kappa shape index (κ1) is 16.7. The number of fused-ring (bicyclic) bond motifs is 1. The second-order valence-corrected chi connectivity index (χ2v) is 6.22. The molecule has 0 bridgehead atoms. The molecule has 0 atom stereocenters. The minimum Gasteiger partial charge on any atom is -0.324 e. The molecular weight excluding hydrogens is 338 g/mol. The van der Waals surface area contributed by atoms with Gasteiger partial charge in [-0.1, -0.05) is 60.7 Å². The summed E-state index contributed by atoms with van der Waals surface area (Å²) in [7, 11) is 0. The third-order valence-electron chi connectivity index (χ3n) is 4.25. The van der Waals surface area contributed by atoms with Crippen molar-refractivity contribution in [2.75, 3.05) is 5.32 Å². The van der Waals surface area contributed by atoms with Gasteiger partial charge in [0.25, 0.3) is 0 Å². The minimum absolute atomic E-state index is 0.0539. The van der Waals surface area contributed by atoms with E-state index in [1.54, 1.807) is 30.3 Å². The highest BCUT2D eigenvalue weighted by Gasteiger charge is 2.12. The summed E-state index contributed by atoms with van der Waals surface area (Å²) in [5.74, 6) is 0.165. The zero-order valence-corrected chi connectivity index (χ0v) is 14.5. The van der Waals surface area contributed by atoms with Crippen LogP contribution < -0.4 is 5.32 Å². The monoisotopic (exact) mass is 355 g/mol. The Balaban J connectivity index is 1.52. The maximum Gasteiger partial charge on any atom is 0.231 e. The van der Waals surface area contributed by atoms with Crippen molar-refractivity contribution in [1.82, 2.24) is 9.97 Å². The molecule has 0 saturated carbocycles. The summed E-state index contributed by atoms with van der Waals surface area (Å²) in [6.07, 6.45) is 0.273. The number of anilines is 1. The SMILES string of the molecule is O=C(Cc1ccccc1)Nc1nc2ccc(C(=O)c3ccccc3)cc2[nH]1. The lowest BCUT2D eigenvalue weighted by atomic mass is 10.0. The molecule has 1 heterocycles. The minimum atomic E-state index is -0.152. The first-order valence-corrected chi connectivity index (χ1v) is 8.62. The van der Waals surface area contributed by atoms with Crippen LogP contribution in [0.2, 0.25) is 0 Å². The van der Waals surface area contributed by atoms with E-state index in [2.05, 4.69) is 15.3 Å². The molecule has 1 amide bonds. The quantitative estimate of drug-likeness (QED) is 0.532. The van der Waals surface area contributed by atoms with E-state index in [4.69, 9.17) is 0 Å². The summed E-state index contributed by atoms with van der Waals surface area (Å²) >= 11 is 0. The number of ketones is 1. The highest BCUT2D eigenvalue weighted by Crippen LogP contribution is 2.18. The van der Waals surface area contributed by atoms with Gasteiger partial charge in [-0.2, -0.15) is 0 Å². The van der Waals surface area contributed by atoms with Gasteiger partial charge < -0.3 is 4.98 Å². The van der Waals surface area contributed by atoms with Gasteiger partial charge in [0.2, 0.25) is 11.9 Å². The van der Waals surface area contributed by atoms with Gasteiger partial charge in [-0.3, -0.25) is 14.9 Å². The molecule has 0 spiro atoms. The van der Waals surface area contributed by atoms with Gasteiger partial charge >= 0.3 is 0 Å². The van der Waals surface area contributed by atoms with Crippen LogP contribution in [0.4, 0.5) is 5.95 Å². The number of carbonyl (C=O) groups excluding carboxylic acids is 2. The predicted octanol–water partition coefficient (Wildman–Crippen LogP) is 3.98. The molecule has 0 aliphatic heterocycles. The highest BCUT2D eigenvalue weighted by atomic mass is 16.1. The van der Waals surface area contributed by atoms with E-state index in [1.165, 1.54) is 0 Å². The zero-order chi connectivity index (χ0) is 18.6. The molecule has 2 N–H and O–H groups in total. The molecular formula is C22H17N3O2. The molecule has 0 saturated heterocycles. The van der Waals surface area contributed by atoms with Crippen molar-refractivity contribution in [2.24, 2.45) is 0 Å². The molecule has 0 unspecified atom stereocenters.